The average Bonchev–Trinajstić information content (AvgIpc) is 2.46. The number of hydrogen-bond acceptors (Lipinski definition) is 6. The molecule has 10 nitrogen and oxygen atoms in total. The first-order chi connectivity index (χ1) is 10.7. The van der Waals surface area contributed by atoms with Gasteiger partial charge in [0.1, 0.15) is 5.69 Å². The molecule has 0 radical (unpaired) electrons. The fourth-order valence-electron chi connectivity index (χ4n) is 1.78. The van der Waals surface area contributed by atoms with E-state index in [4.69, 9.17) is 9.79 Å². The number of nitrogens with zero attached hydrogens (tertiary/aromatic N) is 2. The van der Waals surface area contributed by atoms with Crippen molar-refractivity contribution >= 4 is 35.6 Å². The van der Waals surface area contributed by atoms with E-state index < -0.39 is 28.8 Å². The van der Waals surface area contributed by atoms with Crippen LogP contribution in [0.25, 0.3) is 0 Å². The molecule has 0 unspecified atom stereocenters. The molecule has 2 rings (SSSR count). The summed E-state index contributed by atoms with van der Waals surface area (Å²) in [6, 6.07) is 8.15. The van der Waals surface area contributed by atoms with Gasteiger partial charge >= 0.3 is 7.60 Å². The highest BCUT2D eigenvalue weighted by atomic mass is 31.2. The Morgan fingerprint density at radius 3 is 2.04 bits per heavy atom. The molecule has 0 spiro atoms. The van der Waals surface area contributed by atoms with Crippen LogP contribution < -0.4 is 10.6 Å². The minimum Gasteiger partial charge on any atom is -0.350 e. The van der Waals surface area contributed by atoms with Crippen LogP contribution in [0.15, 0.2) is 42.5 Å². The SMILES string of the molecule is O=[N+]([O-])c1ccc(Nc2ccc(P(=O)(O)O)cc2)c([N+](=O)[O-])c1. The number of non-ortho nitro benzene ring substituents is 1. The number of anilines is 2. The van der Waals surface area contributed by atoms with Gasteiger partial charge in [-0.15, -0.1) is 0 Å². The zero-order valence-electron chi connectivity index (χ0n) is 11.3. The summed E-state index contributed by atoms with van der Waals surface area (Å²) >= 11 is 0. The normalized spacial score (nSPS) is 11.0. The second kappa shape index (κ2) is 6.13. The first kappa shape index (κ1) is 16.6. The predicted molar refractivity (Wildman–Crippen MR) is 81.2 cm³/mol. The maximum atomic E-state index is 11.1. The van der Waals surface area contributed by atoms with E-state index in [1.54, 1.807) is 0 Å². The van der Waals surface area contributed by atoms with Crippen LogP contribution in [0.1, 0.15) is 0 Å². The first-order valence-corrected chi connectivity index (χ1v) is 7.66. The maximum Gasteiger partial charge on any atom is 0.356 e. The van der Waals surface area contributed by atoms with Crippen LogP contribution in [0.3, 0.4) is 0 Å². The number of benzene rings is 2. The van der Waals surface area contributed by atoms with Gasteiger partial charge in [0.25, 0.3) is 11.4 Å². The van der Waals surface area contributed by atoms with E-state index in [9.17, 15) is 24.8 Å². The van der Waals surface area contributed by atoms with Gasteiger partial charge in [-0.3, -0.25) is 24.8 Å². The highest BCUT2D eigenvalue weighted by molar-refractivity contribution is 7.60. The Kier molecular flexibility index (Phi) is 4.41. The van der Waals surface area contributed by atoms with E-state index in [1.807, 2.05) is 0 Å². The lowest BCUT2D eigenvalue weighted by atomic mass is 10.2. The molecule has 0 aliphatic rings. The van der Waals surface area contributed by atoms with Crippen LogP contribution in [0.4, 0.5) is 22.7 Å². The third kappa shape index (κ3) is 3.89. The number of hydrogen-bond donors (Lipinski definition) is 3. The summed E-state index contributed by atoms with van der Waals surface area (Å²) in [5, 5.41) is 24.2. The van der Waals surface area contributed by atoms with E-state index in [2.05, 4.69) is 5.32 Å². The fourth-order valence-corrected chi connectivity index (χ4v) is 2.32. The summed E-state index contributed by atoms with van der Waals surface area (Å²) in [5.41, 5.74) is -0.555. The first-order valence-electron chi connectivity index (χ1n) is 6.04. The Morgan fingerprint density at radius 1 is 0.957 bits per heavy atom. The van der Waals surface area contributed by atoms with Crippen LogP contribution in [0, 0.1) is 20.2 Å². The van der Waals surface area contributed by atoms with Crippen LogP contribution in [0.2, 0.25) is 0 Å². The molecule has 0 fully saturated rings. The Balaban J connectivity index is 2.34. The smallest absolute Gasteiger partial charge is 0.350 e. The van der Waals surface area contributed by atoms with Crippen LogP contribution in [0.5, 0.6) is 0 Å². The standard InChI is InChI=1S/C12H10N3O7P/c16-14(17)9-3-6-11(12(7-9)15(18)19)13-8-1-4-10(5-2-8)23(20,21)22/h1-7,13H,(H2,20,21,22). The second-order valence-corrected chi connectivity index (χ2v) is 6.04. The number of rotatable bonds is 5. The van der Waals surface area contributed by atoms with Crippen molar-refractivity contribution in [3.63, 3.8) is 0 Å². The van der Waals surface area contributed by atoms with Crippen molar-refractivity contribution in [3.8, 4) is 0 Å². The molecule has 0 aliphatic heterocycles. The summed E-state index contributed by atoms with van der Waals surface area (Å²) < 4.78 is 11.1. The maximum absolute atomic E-state index is 11.1. The quantitative estimate of drug-likeness (QED) is 0.424. The molecule has 0 heterocycles. The highest BCUT2D eigenvalue weighted by Gasteiger charge is 2.20. The lowest BCUT2D eigenvalue weighted by Crippen LogP contribution is -2.04. The molecule has 0 bridgehead atoms. The summed E-state index contributed by atoms with van der Waals surface area (Å²) in [7, 11) is -4.37. The Hall–Kier alpha value is -2.81. The van der Waals surface area contributed by atoms with Gasteiger partial charge in [0.15, 0.2) is 0 Å². The molecule has 0 aromatic heterocycles. The van der Waals surface area contributed by atoms with Crippen molar-refractivity contribution in [2.24, 2.45) is 0 Å². The van der Waals surface area contributed by atoms with Gasteiger partial charge in [0.05, 0.1) is 21.2 Å². The molecular weight excluding hydrogens is 329 g/mol. The van der Waals surface area contributed by atoms with Crippen LogP contribution in [-0.4, -0.2) is 19.6 Å². The third-order valence-electron chi connectivity index (χ3n) is 2.87. The van der Waals surface area contributed by atoms with Crippen molar-refractivity contribution in [3.05, 3.63) is 62.7 Å². The number of nitro benzene ring substituents is 2. The third-order valence-corrected chi connectivity index (χ3v) is 3.84. The van der Waals surface area contributed by atoms with Crippen molar-refractivity contribution in [2.45, 2.75) is 0 Å². The lowest BCUT2D eigenvalue weighted by molar-refractivity contribution is -0.393. The zero-order chi connectivity index (χ0) is 17.2. The molecule has 3 N–H and O–H groups in total. The van der Waals surface area contributed by atoms with E-state index in [1.165, 1.54) is 30.3 Å². The summed E-state index contributed by atoms with van der Waals surface area (Å²) in [6.45, 7) is 0. The topological polar surface area (TPSA) is 156 Å². The molecule has 2 aromatic carbocycles. The Morgan fingerprint density at radius 2 is 1.57 bits per heavy atom. The molecule has 120 valence electrons. The highest BCUT2D eigenvalue weighted by Crippen LogP contribution is 2.34. The molecule has 0 amide bonds. The van der Waals surface area contributed by atoms with Gasteiger partial charge in [-0.1, -0.05) is 0 Å². The van der Waals surface area contributed by atoms with Crippen LogP contribution in [-0.2, 0) is 4.57 Å². The summed E-state index contributed by atoms with van der Waals surface area (Å²) in [6.07, 6.45) is 0. The molecule has 0 saturated heterocycles. The zero-order valence-corrected chi connectivity index (χ0v) is 12.2. The summed E-state index contributed by atoms with van der Waals surface area (Å²) in [4.78, 5) is 38.2. The number of nitro groups is 2. The molecule has 0 atom stereocenters. The monoisotopic (exact) mass is 339 g/mol. The molecular formula is C12H10N3O7P. The van der Waals surface area contributed by atoms with Gasteiger partial charge in [-0.2, -0.15) is 0 Å². The largest absolute Gasteiger partial charge is 0.356 e. The van der Waals surface area contributed by atoms with Gasteiger partial charge in [-0.25, -0.2) is 0 Å². The fraction of sp³-hybridized carbons (Fsp3) is 0. The van der Waals surface area contributed by atoms with E-state index in [0.717, 1.165) is 12.1 Å². The minimum absolute atomic E-state index is 0.0181. The second-order valence-electron chi connectivity index (χ2n) is 4.43. The van der Waals surface area contributed by atoms with E-state index >= 15 is 0 Å². The molecule has 11 heteroatoms. The number of nitrogens with one attached hydrogen (secondary N) is 1. The predicted octanol–water partition coefficient (Wildman–Crippen LogP) is 2.05. The van der Waals surface area contributed by atoms with Gasteiger partial charge in [-0.05, 0) is 30.3 Å². The van der Waals surface area contributed by atoms with Crippen LogP contribution >= 0.6 is 7.60 Å². The molecule has 0 saturated carbocycles. The van der Waals surface area contributed by atoms with Crippen molar-refractivity contribution in [1.82, 2.24) is 0 Å². The Labute approximate surface area is 128 Å². The molecule has 0 aliphatic carbocycles. The van der Waals surface area contributed by atoms with E-state index in [0.29, 0.717) is 5.69 Å². The molecule has 23 heavy (non-hydrogen) atoms. The average molecular weight is 339 g/mol. The van der Waals surface area contributed by atoms with Crippen molar-refractivity contribution < 1.29 is 24.2 Å². The molecule has 2 aromatic rings. The van der Waals surface area contributed by atoms with Gasteiger partial charge < -0.3 is 15.1 Å². The van der Waals surface area contributed by atoms with Crippen molar-refractivity contribution in [1.29, 1.82) is 0 Å². The van der Waals surface area contributed by atoms with E-state index in [-0.39, 0.29) is 11.0 Å². The van der Waals surface area contributed by atoms with Gasteiger partial charge in [0.2, 0.25) is 0 Å². The minimum atomic E-state index is -4.37. The lowest BCUT2D eigenvalue weighted by Gasteiger charge is -2.08. The van der Waals surface area contributed by atoms with Crippen molar-refractivity contribution in [2.75, 3.05) is 5.32 Å². The van der Waals surface area contributed by atoms with Gasteiger partial charge in [0, 0.05) is 11.8 Å². The summed E-state index contributed by atoms with van der Waals surface area (Å²) in [5.74, 6) is 0. The Bertz CT molecular complexity index is 816.